The number of carbonyl (C=O) groups excluding carboxylic acids is 1. The van der Waals surface area contributed by atoms with Gasteiger partial charge in [-0.05, 0) is 42.9 Å². The van der Waals surface area contributed by atoms with Gasteiger partial charge in [-0.15, -0.1) is 0 Å². The molecule has 2 rings (SSSR count). The predicted octanol–water partition coefficient (Wildman–Crippen LogP) is 2.13. The van der Waals surface area contributed by atoms with E-state index in [1.807, 2.05) is 6.92 Å². The second-order valence-electron chi connectivity index (χ2n) is 5.27. The van der Waals surface area contributed by atoms with E-state index in [0.29, 0.717) is 0 Å². The van der Waals surface area contributed by atoms with Gasteiger partial charge >= 0.3 is 0 Å². The number of nitrogens with zero attached hydrogens (tertiary/aromatic N) is 1. The van der Waals surface area contributed by atoms with Crippen LogP contribution in [0.25, 0.3) is 0 Å². The maximum absolute atomic E-state index is 12.0. The summed E-state index contributed by atoms with van der Waals surface area (Å²) in [6.45, 7) is 2.00. The lowest BCUT2D eigenvalue weighted by atomic mass is 9.89. The Bertz CT molecular complexity index is 521. The molecule has 4 heteroatoms. The third kappa shape index (κ3) is 2.87. The largest absolute Gasteiger partial charge is 0.508 e. The molecule has 4 nitrogen and oxygen atoms in total. The fraction of sp³-hybridized carbons (Fsp3) is 0.467. The van der Waals surface area contributed by atoms with Crippen molar-refractivity contribution in [3.05, 3.63) is 29.8 Å². The summed E-state index contributed by atoms with van der Waals surface area (Å²) in [7, 11) is 0. The van der Waals surface area contributed by atoms with Crippen LogP contribution in [0, 0.1) is 17.2 Å². The molecule has 1 aromatic carbocycles. The van der Waals surface area contributed by atoms with Crippen LogP contribution in [0.15, 0.2) is 24.3 Å². The monoisotopic (exact) mass is 258 g/mol. The Labute approximate surface area is 113 Å². The van der Waals surface area contributed by atoms with E-state index in [0.717, 1.165) is 24.8 Å². The first-order valence-corrected chi connectivity index (χ1v) is 6.56. The second kappa shape index (κ2) is 5.31. The van der Waals surface area contributed by atoms with Crippen LogP contribution in [0.5, 0.6) is 5.75 Å². The topological polar surface area (TPSA) is 73.1 Å². The summed E-state index contributed by atoms with van der Waals surface area (Å²) < 4.78 is 0. The molecule has 1 saturated carbocycles. The van der Waals surface area contributed by atoms with Crippen molar-refractivity contribution in [1.29, 1.82) is 5.26 Å². The molecule has 0 aliphatic heterocycles. The summed E-state index contributed by atoms with van der Waals surface area (Å²) in [5.74, 6) is 0.168. The smallest absolute Gasteiger partial charge is 0.225 e. The molecule has 0 radical (unpaired) electrons. The zero-order chi connectivity index (χ0) is 13.9. The average Bonchev–Trinajstić information content (AvgIpc) is 2.71. The van der Waals surface area contributed by atoms with Gasteiger partial charge in [0.05, 0.1) is 12.5 Å². The standard InChI is InChI=1S/C15H18N2O2/c1-11-4-3-7-15(11,10-16)17-14(19)9-12-5-2-6-13(18)8-12/h2,5-6,8,11,18H,3-4,7,9H2,1H3,(H,17,19)/t11-,15+/m0/s1. The van der Waals surface area contributed by atoms with E-state index >= 15 is 0 Å². The van der Waals surface area contributed by atoms with Crippen LogP contribution in [-0.2, 0) is 11.2 Å². The van der Waals surface area contributed by atoms with Crippen molar-refractivity contribution >= 4 is 5.91 Å². The van der Waals surface area contributed by atoms with Crippen LogP contribution in [0.2, 0.25) is 0 Å². The minimum atomic E-state index is -0.714. The number of aromatic hydroxyl groups is 1. The van der Waals surface area contributed by atoms with Gasteiger partial charge in [0.25, 0.3) is 0 Å². The fourth-order valence-electron chi connectivity index (χ4n) is 2.70. The second-order valence-corrected chi connectivity index (χ2v) is 5.27. The number of phenols is 1. The number of rotatable bonds is 3. The first kappa shape index (κ1) is 13.4. The molecule has 1 aromatic rings. The van der Waals surface area contributed by atoms with Gasteiger partial charge in [0.1, 0.15) is 11.3 Å². The Morgan fingerprint density at radius 1 is 1.63 bits per heavy atom. The molecule has 0 bridgehead atoms. The Balaban J connectivity index is 2.03. The van der Waals surface area contributed by atoms with Crippen molar-refractivity contribution in [2.24, 2.45) is 5.92 Å². The fourth-order valence-corrected chi connectivity index (χ4v) is 2.70. The molecule has 1 amide bonds. The van der Waals surface area contributed by atoms with Gasteiger partial charge in [-0.1, -0.05) is 19.1 Å². The number of nitriles is 1. The van der Waals surface area contributed by atoms with E-state index in [1.54, 1.807) is 24.3 Å². The number of hydrogen-bond donors (Lipinski definition) is 2. The lowest BCUT2D eigenvalue weighted by molar-refractivity contribution is -0.122. The van der Waals surface area contributed by atoms with Crippen molar-refractivity contribution < 1.29 is 9.90 Å². The first-order chi connectivity index (χ1) is 9.05. The van der Waals surface area contributed by atoms with Crippen molar-refractivity contribution in [2.45, 2.75) is 38.1 Å². The van der Waals surface area contributed by atoms with E-state index in [9.17, 15) is 15.2 Å². The summed E-state index contributed by atoms with van der Waals surface area (Å²) in [6.07, 6.45) is 2.85. The summed E-state index contributed by atoms with van der Waals surface area (Å²) in [5, 5.41) is 21.6. The molecule has 2 N–H and O–H groups in total. The first-order valence-electron chi connectivity index (χ1n) is 6.56. The molecule has 2 atom stereocenters. The quantitative estimate of drug-likeness (QED) is 0.872. The number of phenolic OH excluding ortho intramolecular Hbond substituents is 1. The lowest BCUT2D eigenvalue weighted by Crippen LogP contribution is -2.49. The molecule has 1 fully saturated rings. The summed E-state index contributed by atoms with van der Waals surface area (Å²) in [5.41, 5.74) is 0.0321. The Morgan fingerprint density at radius 2 is 2.42 bits per heavy atom. The third-order valence-corrected chi connectivity index (χ3v) is 3.89. The van der Waals surface area contributed by atoms with Crippen molar-refractivity contribution in [1.82, 2.24) is 5.32 Å². The summed E-state index contributed by atoms with van der Waals surface area (Å²) in [6, 6.07) is 8.90. The van der Waals surface area contributed by atoms with Crippen LogP contribution < -0.4 is 5.32 Å². The molecule has 100 valence electrons. The van der Waals surface area contributed by atoms with E-state index in [1.165, 1.54) is 0 Å². The predicted molar refractivity (Wildman–Crippen MR) is 71.3 cm³/mol. The molecular weight excluding hydrogens is 240 g/mol. The number of hydrogen-bond acceptors (Lipinski definition) is 3. The highest BCUT2D eigenvalue weighted by Gasteiger charge is 2.41. The molecule has 0 unspecified atom stereocenters. The number of carbonyl (C=O) groups is 1. The van der Waals surface area contributed by atoms with Crippen LogP contribution in [0.3, 0.4) is 0 Å². The van der Waals surface area contributed by atoms with Crippen LogP contribution >= 0.6 is 0 Å². The molecule has 1 aliphatic carbocycles. The van der Waals surface area contributed by atoms with Gasteiger partial charge in [-0.3, -0.25) is 4.79 Å². The van der Waals surface area contributed by atoms with Gasteiger partial charge < -0.3 is 10.4 Å². The molecule has 19 heavy (non-hydrogen) atoms. The van der Waals surface area contributed by atoms with Gasteiger partial charge in [0.2, 0.25) is 5.91 Å². The highest BCUT2D eigenvalue weighted by Crippen LogP contribution is 2.34. The van der Waals surface area contributed by atoms with E-state index in [4.69, 9.17) is 0 Å². The summed E-state index contributed by atoms with van der Waals surface area (Å²) in [4.78, 5) is 12.0. The van der Waals surface area contributed by atoms with Crippen LogP contribution in [0.4, 0.5) is 0 Å². The van der Waals surface area contributed by atoms with E-state index < -0.39 is 5.54 Å². The average molecular weight is 258 g/mol. The molecule has 1 aliphatic rings. The van der Waals surface area contributed by atoms with Gasteiger partial charge in [-0.2, -0.15) is 5.26 Å². The van der Waals surface area contributed by atoms with Gasteiger partial charge in [0.15, 0.2) is 0 Å². The SMILES string of the molecule is C[C@H]1CCC[C@]1(C#N)NC(=O)Cc1cccc(O)c1. The molecular formula is C15H18N2O2. The van der Waals surface area contributed by atoms with Crippen LogP contribution in [-0.4, -0.2) is 16.6 Å². The molecule has 0 saturated heterocycles. The van der Waals surface area contributed by atoms with E-state index in [-0.39, 0.29) is 24.0 Å². The zero-order valence-corrected chi connectivity index (χ0v) is 11.0. The maximum Gasteiger partial charge on any atom is 0.225 e. The van der Waals surface area contributed by atoms with Gasteiger partial charge in [-0.25, -0.2) is 0 Å². The molecule has 0 aromatic heterocycles. The lowest BCUT2D eigenvalue weighted by Gasteiger charge is -2.27. The molecule has 0 heterocycles. The number of benzene rings is 1. The number of amides is 1. The Hall–Kier alpha value is -2.02. The minimum absolute atomic E-state index is 0.148. The minimum Gasteiger partial charge on any atom is -0.508 e. The Morgan fingerprint density at radius 3 is 3.00 bits per heavy atom. The van der Waals surface area contributed by atoms with Gasteiger partial charge in [0, 0.05) is 0 Å². The van der Waals surface area contributed by atoms with Crippen molar-refractivity contribution in [2.75, 3.05) is 0 Å². The van der Waals surface area contributed by atoms with Crippen molar-refractivity contribution in [3.63, 3.8) is 0 Å². The van der Waals surface area contributed by atoms with Crippen molar-refractivity contribution in [3.8, 4) is 11.8 Å². The number of nitrogens with one attached hydrogen (secondary N) is 1. The third-order valence-electron chi connectivity index (χ3n) is 3.89. The van der Waals surface area contributed by atoms with Crippen LogP contribution in [0.1, 0.15) is 31.7 Å². The zero-order valence-electron chi connectivity index (χ0n) is 11.0. The van der Waals surface area contributed by atoms with E-state index in [2.05, 4.69) is 11.4 Å². The highest BCUT2D eigenvalue weighted by molar-refractivity contribution is 5.80. The summed E-state index contributed by atoms with van der Waals surface area (Å²) >= 11 is 0. The molecule has 0 spiro atoms. The maximum atomic E-state index is 12.0. The Kier molecular flexibility index (Phi) is 3.75. The highest BCUT2D eigenvalue weighted by atomic mass is 16.3. The normalized spacial score (nSPS) is 25.8.